The Morgan fingerprint density at radius 2 is 0.800 bits per heavy atom. The van der Waals surface area contributed by atoms with Crippen LogP contribution in [0, 0.1) is 11.8 Å². The molecular weight excluding hydrogens is 609 g/mol. The second-order valence-electron chi connectivity index (χ2n) is 11.9. The van der Waals surface area contributed by atoms with Gasteiger partial charge in [0.2, 0.25) is 0 Å². The van der Waals surface area contributed by atoms with Crippen LogP contribution in [0.15, 0.2) is 182 Å². The maximum Gasteiger partial charge on any atom is 0.150 e. The SMILES string of the molecule is O=Cc1ccc(-c2ccc(-c3ccc(C=O)cc3)c(C#Cc3ccc(C(=C(c4ccccc4)c4ccccc4)c4ccccc4)cc3)c2)cc1. The zero-order chi connectivity index (χ0) is 34.1. The highest BCUT2D eigenvalue weighted by Gasteiger charge is 2.16. The van der Waals surface area contributed by atoms with Crippen LogP contribution in [0.3, 0.4) is 0 Å². The Morgan fingerprint density at radius 3 is 1.26 bits per heavy atom. The van der Waals surface area contributed by atoms with Gasteiger partial charge in [-0.2, -0.15) is 0 Å². The highest BCUT2D eigenvalue weighted by atomic mass is 16.1. The van der Waals surface area contributed by atoms with E-state index in [1.54, 1.807) is 0 Å². The molecule has 0 spiro atoms. The topological polar surface area (TPSA) is 34.1 Å². The van der Waals surface area contributed by atoms with Crippen LogP contribution in [0.1, 0.15) is 54.1 Å². The van der Waals surface area contributed by atoms with Crippen molar-refractivity contribution in [3.63, 3.8) is 0 Å². The Hall–Kier alpha value is -6.82. The van der Waals surface area contributed by atoms with E-state index in [0.29, 0.717) is 11.1 Å². The van der Waals surface area contributed by atoms with Gasteiger partial charge in [-0.3, -0.25) is 9.59 Å². The second kappa shape index (κ2) is 14.9. The maximum absolute atomic E-state index is 11.3. The van der Waals surface area contributed by atoms with Gasteiger partial charge in [0.1, 0.15) is 12.6 Å². The summed E-state index contributed by atoms with van der Waals surface area (Å²) in [6, 6.07) is 61.4. The van der Waals surface area contributed by atoms with Crippen molar-refractivity contribution in [1.82, 2.24) is 0 Å². The summed E-state index contributed by atoms with van der Waals surface area (Å²) < 4.78 is 0. The average molecular weight is 641 g/mol. The normalized spacial score (nSPS) is 10.4. The molecule has 0 heterocycles. The van der Waals surface area contributed by atoms with Crippen molar-refractivity contribution in [1.29, 1.82) is 0 Å². The van der Waals surface area contributed by atoms with Crippen LogP contribution in [0.5, 0.6) is 0 Å². The molecule has 50 heavy (non-hydrogen) atoms. The molecule has 7 rings (SSSR count). The molecule has 2 heteroatoms. The molecule has 0 amide bonds. The quantitative estimate of drug-likeness (QED) is 0.0941. The van der Waals surface area contributed by atoms with E-state index < -0.39 is 0 Å². The van der Waals surface area contributed by atoms with Crippen molar-refractivity contribution in [3.8, 4) is 34.1 Å². The van der Waals surface area contributed by atoms with Crippen molar-refractivity contribution in [3.05, 3.63) is 226 Å². The molecule has 7 aromatic rings. The van der Waals surface area contributed by atoms with Crippen molar-refractivity contribution >= 4 is 23.7 Å². The fourth-order valence-corrected chi connectivity index (χ4v) is 6.16. The van der Waals surface area contributed by atoms with Crippen LogP contribution in [-0.2, 0) is 0 Å². The van der Waals surface area contributed by atoms with Gasteiger partial charge < -0.3 is 0 Å². The van der Waals surface area contributed by atoms with Crippen LogP contribution in [0.25, 0.3) is 33.4 Å². The van der Waals surface area contributed by atoms with Crippen LogP contribution in [-0.4, -0.2) is 12.6 Å². The molecular formula is C48H32O2. The standard InChI is InChI=1S/C48H32O2/c49-33-36-19-23-38(24-20-36)44-30-31-46(39-25-21-37(34-50)22-26-39)45(32-44)29-18-35-16-27-43(28-17-35)48(42-14-8-3-9-15-42)47(40-10-4-1-5-11-40)41-12-6-2-7-13-41/h1-17,19-28,30-34H. The van der Waals surface area contributed by atoms with Crippen LogP contribution < -0.4 is 0 Å². The molecule has 0 bridgehead atoms. The third kappa shape index (κ3) is 7.04. The minimum Gasteiger partial charge on any atom is -0.298 e. The summed E-state index contributed by atoms with van der Waals surface area (Å²) in [6.45, 7) is 0. The van der Waals surface area contributed by atoms with E-state index in [4.69, 9.17) is 0 Å². The first kappa shape index (κ1) is 31.8. The molecule has 0 N–H and O–H groups in total. The molecule has 0 aromatic heterocycles. The lowest BCUT2D eigenvalue weighted by molar-refractivity contribution is 0.111. The Labute approximate surface area is 293 Å². The molecule has 0 saturated carbocycles. The smallest absolute Gasteiger partial charge is 0.150 e. The van der Waals surface area contributed by atoms with Gasteiger partial charge in [-0.15, -0.1) is 0 Å². The fraction of sp³-hybridized carbons (Fsp3) is 0. The largest absolute Gasteiger partial charge is 0.298 e. The van der Waals surface area contributed by atoms with Gasteiger partial charge in [-0.05, 0) is 73.9 Å². The van der Waals surface area contributed by atoms with Gasteiger partial charge >= 0.3 is 0 Å². The number of hydrogen-bond donors (Lipinski definition) is 0. The predicted octanol–water partition coefficient (Wildman–Crippen LogP) is 11.1. The van der Waals surface area contributed by atoms with E-state index in [0.717, 1.165) is 73.8 Å². The summed E-state index contributed by atoms with van der Waals surface area (Å²) in [7, 11) is 0. The second-order valence-corrected chi connectivity index (χ2v) is 11.9. The summed E-state index contributed by atoms with van der Waals surface area (Å²) in [6.07, 6.45) is 1.70. The minimum absolute atomic E-state index is 0.625. The first-order chi connectivity index (χ1) is 24.7. The van der Waals surface area contributed by atoms with Gasteiger partial charge in [0.15, 0.2) is 0 Å². The lowest BCUT2D eigenvalue weighted by Gasteiger charge is -2.18. The molecule has 0 aliphatic rings. The van der Waals surface area contributed by atoms with Crippen molar-refractivity contribution < 1.29 is 9.59 Å². The summed E-state index contributed by atoms with van der Waals surface area (Å²) in [5.41, 5.74) is 13.8. The van der Waals surface area contributed by atoms with E-state index >= 15 is 0 Å². The zero-order valence-corrected chi connectivity index (χ0v) is 27.3. The summed E-state index contributed by atoms with van der Waals surface area (Å²) >= 11 is 0. The maximum atomic E-state index is 11.3. The fourth-order valence-electron chi connectivity index (χ4n) is 6.16. The Balaban J connectivity index is 1.32. The minimum atomic E-state index is 0.625. The van der Waals surface area contributed by atoms with Crippen LogP contribution in [0.4, 0.5) is 0 Å². The molecule has 7 aromatic carbocycles. The Bertz CT molecular complexity index is 2300. The first-order valence-electron chi connectivity index (χ1n) is 16.5. The lowest BCUT2D eigenvalue weighted by Crippen LogP contribution is -1.97. The third-order valence-electron chi connectivity index (χ3n) is 8.71. The molecule has 2 nitrogen and oxygen atoms in total. The molecule has 0 radical (unpaired) electrons. The van der Waals surface area contributed by atoms with Crippen molar-refractivity contribution in [2.24, 2.45) is 0 Å². The molecule has 0 fully saturated rings. The number of benzene rings is 7. The molecule has 0 saturated heterocycles. The highest BCUT2D eigenvalue weighted by molar-refractivity contribution is 6.04. The monoisotopic (exact) mass is 640 g/mol. The van der Waals surface area contributed by atoms with E-state index in [-0.39, 0.29) is 0 Å². The summed E-state index contributed by atoms with van der Waals surface area (Å²) in [4.78, 5) is 22.5. The van der Waals surface area contributed by atoms with Crippen molar-refractivity contribution in [2.45, 2.75) is 0 Å². The van der Waals surface area contributed by atoms with E-state index in [9.17, 15) is 9.59 Å². The van der Waals surface area contributed by atoms with E-state index in [1.807, 2.05) is 66.7 Å². The lowest BCUT2D eigenvalue weighted by atomic mass is 9.85. The van der Waals surface area contributed by atoms with Crippen LogP contribution in [0.2, 0.25) is 0 Å². The number of hydrogen-bond acceptors (Lipinski definition) is 2. The van der Waals surface area contributed by atoms with Gasteiger partial charge in [-0.25, -0.2) is 0 Å². The molecule has 0 unspecified atom stereocenters. The molecule has 0 aliphatic heterocycles. The highest BCUT2D eigenvalue weighted by Crippen LogP contribution is 2.37. The van der Waals surface area contributed by atoms with Gasteiger partial charge in [0.25, 0.3) is 0 Å². The van der Waals surface area contributed by atoms with Gasteiger partial charge in [0.05, 0.1) is 0 Å². The third-order valence-corrected chi connectivity index (χ3v) is 8.71. The Kier molecular flexibility index (Phi) is 9.49. The molecule has 0 atom stereocenters. The predicted molar refractivity (Wildman–Crippen MR) is 205 cm³/mol. The zero-order valence-electron chi connectivity index (χ0n) is 27.3. The average Bonchev–Trinajstić information content (AvgIpc) is 3.20. The number of carbonyl (C=O) groups excluding carboxylic acids is 2. The van der Waals surface area contributed by atoms with Crippen LogP contribution >= 0.6 is 0 Å². The van der Waals surface area contributed by atoms with Gasteiger partial charge in [0, 0.05) is 22.3 Å². The molecule has 236 valence electrons. The summed E-state index contributed by atoms with van der Waals surface area (Å²) in [5.74, 6) is 6.88. The summed E-state index contributed by atoms with van der Waals surface area (Å²) in [5, 5.41) is 0. The number of rotatable bonds is 8. The number of aldehydes is 2. The van der Waals surface area contributed by atoms with Gasteiger partial charge in [-0.1, -0.05) is 176 Å². The van der Waals surface area contributed by atoms with Crippen molar-refractivity contribution in [2.75, 3.05) is 0 Å². The first-order valence-corrected chi connectivity index (χ1v) is 16.5. The Morgan fingerprint density at radius 1 is 0.380 bits per heavy atom. The molecule has 0 aliphatic carbocycles. The van der Waals surface area contributed by atoms with E-state index in [2.05, 4.69) is 127 Å². The van der Waals surface area contributed by atoms with E-state index in [1.165, 1.54) is 5.57 Å². The number of carbonyl (C=O) groups is 2.